The van der Waals surface area contributed by atoms with E-state index in [0.717, 1.165) is 36.7 Å². The minimum absolute atomic E-state index is 0.110. The first kappa shape index (κ1) is 19.7. The van der Waals surface area contributed by atoms with E-state index in [9.17, 15) is 19.2 Å². The van der Waals surface area contributed by atoms with Gasteiger partial charge in [-0.2, -0.15) is 0 Å². The zero-order chi connectivity index (χ0) is 20.4. The van der Waals surface area contributed by atoms with Crippen molar-refractivity contribution in [2.24, 2.45) is 5.92 Å². The number of imide groups is 2. The Morgan fingerprint density at radius 1 is 1.14 bits per heavy atom. The average Bonchev–Trinajstić information content (AvgIpc) is 2.87. The van der Waals surface area contributed by atoms with Gasteiger partial charge in [-0.25, -0.2) is 0 Å². The van der Waals surface area contributed by atoms with Crippen LogP contribution >= 0.6 is 0 Å². The highest BCUT2D eigenvalue weighted by atomic mass is 16.5. The van der Waals surface area contributed by atoms with Crippen molar-refractivity contribution in [1.29, 1.82) is 0 Å². The molecule has 0 bridgehead atoms. The van der Waals surface area contributed by atoms with Crippen LogP contribution in [0.15, 0.2) is 18.2 Å². The number of carbonyl (C=O) groups is 4. The first-order valence-electron chi connectivity index (χ1n) is 9.88. The van der Waals surface area contributed by atoms with Gasteiger partial charge in [0.15, 0.2) is 0 Å². The fourth-order valence-corrected chi connectivity index (χ4v) is 3.94. The molecule has 0 aromatic heterocycles. The number of amides is 4. The van der Waals surface area contributed by atoms with E-state index < -0.39 is 23.8 Å². The van der Waals surface area contributed by atoms with E-state index >= 15 is 0 Å². The van der Waals surface area contributed by atoms with E-state index in [-0.39, 0.29) is 18.7 Å². The molecule has 9 nitrogen and oxygen atoms in total. The number of hydrogen-bond acceptors (Lipinski definition) is 7. The van der Waals surface area contributed by atoms with Crippen LogP contribution in [0.5, 0.6) is 0 Å². The van der Waals surface area contributed by atoms with Gasteiger partial charge in [0.1, 0.15) is 6.04 Å². The largest absolute Gasteiger partial charge is 0.380 e. The van der Waals surface area contributed by atoms with Crippen molar-refractivity contribution >= 4 is 23.6 Å². The van der Waals surface area contributed by atoms with Gasteiger partial charge >= 0.3 is 0 Å². The Morgan fingerprint density at radius 3 is 2.79 bits per heavy atom. The topological polar surface area (TPSA) is 117 Å². The first-order chi connectivity index (χ1) is 14.0. The van der Waals surface area contributed by atoms with E-state index in [0.29, 0.717) is 30.2 Å². The van der Waals surface area contributed by atoms with Gasteiger partial charge in [0.05, 0.1) is 24.3 Å². The number of carbonyl (C=O) groups excluding carboxylic acids is 4. The maximum Gasteiger partial charge on any atom is 0.262 e. The zero-order valence-corrected chi connectivity index (χ0v) is 16.0. The minimum atomic E-state index is -0.940. The van der Waals surface area contributed by atoms with Crippen molar-refractivity contribution in [1.82, 2.24) is 20.9 Å². The Labute approximate surface area is 168 Å². The van der Waals surface area contributed by atoms with E-state index in [1.165, 1.54) is 0 Å². The number of nitrogens with zero attached hydrogens (tertiary/aromatic N) is 1. The highest BCUT2D eigenvalue weighted by Gasteiger charge is 2.44. The second kappa shape index (κ2) is 8.40. The number of ether oxygens (including phenoxy) is 1. The fraction of sp³-hybridized carbons (Fsp3) is 0.500. The SMILES string of the molecule is O=C1CCC(N2C(=O)c3ccc(CNCC4CNCCOC4)cc3C2=O)C(=O)N1. The van der Waals surface area contributed by atoms with E-state index in [4.69, 9.17) is 4.74 Å². The molecule has 0 saturated carbocycles. The number of rotatable bonds is 5. The van der Waals surface area contributed by atoms with Gasteiger partial charge in [0.25, 0.3) is 11.8 Å². The van der Waals surface area contributed by atoms with Crippen LogP contribution in [0, 0.1) is 5.92 Å². The molecule has 3 N–H and O–H groups in total. The fourth-order valence-electron chi connectivity index (χ4n) is 3.94. The van der Waals surface area contributed by atoms with Crippen LogP contribution in [0.1, 0.15) is 39.1 Å². The Kier molecular flexibility index (Phi) is 5.70. The molecule has 4 rings (SSSR count). The second-order valence-electron chi connectivity index (χ2n) is 7.60. The van der Waals surface area contributed by atoms with Crippen LogP contribution in [0.3, 0.4) is 0 Å². The Bertz CT molecular complexity index is 847. The summed E-state index contributed by atoms with van der Waals surface area (Å²) in [6.07, 6.45) is 0.265. The lowest BCUT2D eigenvalue weighted by Crippen LogP contribution is -2.54. The Hall–Kier alpha value is -2.62. The van der Waals surface area contributed by atoms with Gasteiger partial charge in [-0.05, 0) is 24.1 Å². The van der Waals surface area contributed by atoms with Crippen molar-refractivity contribution in [3.05, 3.63) is 34.9 Å². The molecular formula is C20H24N4O5. The minimum Gasteiger partial charge on any atom is -0.380 e. The maximum atomic E-state index is 12.8. The van der Waals surface area contributed by atoms with Crippen LogP contribution in [0.4, 0.5) is 0 Å². The highest BCUT2D eigenvalue weighted by molar-refractivity contribution is 6.23. The summed E-state index contributed by atoms with van der Waals surface area (Å²) in [5, 5.41) is 8.90. The highest BCUT2D eigenvalue weighted by Crippen LogP contribution is 2.28. The molecule has 2 unspecified atom stereocenters. The molecule has 1 aromatic rings. The third-order valence-electron chi connectivity index (χ3n) is 5.48. The van der Waals surface area contributed by atoms with Crippen LogP contribution in [0.25, 0.3) is 0 Å². The number of piperidine rings is 1. The number of nitrogens with one attached hydrogen (secondary N) is 3. The molecule has 2 atom stereocenters. The van der Waals surface area contributed by atoms with Crippen molar-refractivity contribution in [2.75, 3.05) is 32.8 Å². The standard InChI is InChI=1S/C20H24N4O5/c25-17-4-3-16(18(26)23-17)24-19(27)14-2-1-12(7-15(14)20(24)28)8-22-10-13-9-21-5-6-29-11-13/h1-2,7,13,16,21-22H,3-6,8-11H2,(H,23,25,26). The molecule has 2 saturated heterocycles. The molecule has 0 aliphatic carbocycles. The van der Waals surface area contributed by atoms with Crippen LogP contribution in [-0.4, -0.2) is 67.4 Å². The van der Waals surface area contributed by atoms with Gasteiger partial charge < -0.3 is 15.4 Å². The lowest BCUT2D eigenvalue weighted by Gasteiger charge is -2.27. The van der Waals surface area contributed by atoms with E-state index in [1.807, 2.05) is 6.07 Å². The van der Waals surface area contributed by atoms with Crippen LogP contribution in [0.2, 0.25) is 0 Å². The lowest BCUT2D eigenvalue weighted by molar-refractivity contribution is -0.136. The molecule has 3 aliphatic rings. The molecule has 0 radical (unpaired) electrons. The molecule has 2 fully saturated rings. The number of benzene rings is 1. The molecule has 154 valence electrons. The van der Waals surface area contributed by atoms with Crippen molar-refractivity contribution < 1.29 is 23.9 Å². The monoisotopic (exact) mass is 400 g/mol. The molecule has 3 aliphatic heterocycles. The zero-order valence-electron chi connectivity index (χ0n) is 16.0. The molecule has 0 spiro atoms. The predicted octanol–water partition coefficient (Wildman–Crippen LogP) is -0.587. The molecule has 9 heteroatoms. The summed E-state index contributed by atoms with van der Waals surface area (Å²) in [5.41, 5.74) is 1.49. The lowest BCUT2D eigenvalue weighted by atomic mass is 10.0. The van der Waals surface area contributed by atoms with E-state index in [1.54, 1.807) is 12.1 Å². The first-order valence-corrected chi connectivity index (χ1v) is 9.88. The number of hydrogen-bond donors (Lipinski definition) is 3. The maximum absolute atomic E-state index is 12.8. The van der Waals surface area contributed by atoms with Crippen molar-refractivity contribution in [2.45, 2.75) is 25.4 Å². The van der Waals surface area contributed by atoms with Crippen molar-refractivity contribution in [3.8, 4) is 0 Å². The van der Waals surface area contributed by atoms with Crippen molar-refractivity contribution in [3.63, 3.8) is 0 Å². The summed E-state index contributed by atoms with van der Waals surface area (Å²) >= 11 is 0. The summed E-state index contributed by atoms with van der Waals surface area (Å²) in [4.78, 5) is 50.0. The molecule has 1 aromatic carbocycles. The Morgan fingerprint density at radius 2 is 1.97 bits per heavy atom. The predicted molar refractivity (Wildman–Crippen MR) is 102 cm³/mol. The molecular weight excluding hydrogens is 376 g/mol. The third-order valence-corrected chi connectivity index (χ3v) is 5.48. The third kappa shape index (κ3) is 4.07. The van der Waals surface area contributed by atoms with Crippen LogP contribution in [-0.2, 0) is 20.9 Å². The summed E-state index contributed by atoms with van der Waals surface area (Å²) in [5.74, 6) is -1.58. The normalized spacial score (nSPS) is 25.0. The summed E-state index contributed by atoms with van der Waals surface area (Å²) in [6.45, 7) is 4.52. The summed E-state index contributed by atoms with van der Waals surface area (Å²) in [6, 6.07) is 4.21. The van der Waals surface area contributed by atoms with Gasteiger partial charge in [-0.15, -0.1) is 0 Å². The smallest absolute Gasteiger partial charge is 0.262 e. The molecule has 29 heavy (non-hydrogen) atoms. The molecule has 3 heterocycles. The average molecular weight is 400 g/mol. The van der Waals surface area contributed by atoms with Crippen LogP contribution < -0.4 is 16.0 Å². The van der Waals surface area contributed by atoms with Gasteiger partial charge in [-0.3, -0.25) is 29.4 Å². The quantitative estimate of drug-likeness (QED) is 0.566. The summed E-state index contributed by atoms with van der Waals surface area (Å²) in [7, 11) is 0. The van der Waals surface area contributed by atoms with Gasteiger partial charge in [-0.1, -0.05) is 6.07 Å². The second-order valence-corrected chi connectivity index (χ2v) is 7.60. The van der Waals surface area contributed by atoms with E-state index in [2.05, 4.69) is 16.0 Å². The summed E-state index contributed by atoms with van der Waals surface area (Å²) < 4.78 is 5.54. The van der Waals surface area contributed by atoms with Gasteiger partial charge in [0.2, 0.25) is 11.8 Å². The molecule has 4 amide bonds. The number of fused-ring (bicyclic) bond motifs is 1. The Balaban J connectivity index is 1.41. The van der Waals surface area contributed by atoms with Gasteiger partial charge in [0, 0.05) is 38.5 Å².